The molecule has 0 spiro atoms. The Kier molecular flexibility index (Phi) is 5.15. The Bertz CT molecular complexity index is 673. The first kappa shape index (κ1) is 16.3. The van der Waals surface area contributed by atoms with Crippen LogP contribution in [0.4, 0.5) is 17.3 Å². The van der Waals surface area contributed by atoms with Gasteiger partial charge in [-0.3, -0.25) is 15.6 Å². The standard InChI is InChI=1S/C14H19N7O2/c1-21(2)20-13-11(15)12(16-8-17-13)18-19-14(22)9-4-6-10(23-3)7-5-9/h4-8H,15H2,1-3H3,(H,19,22)(H2,16,17,18,20). The minimum absolute atomic E-state index is 0.288. The molecule has 0 bridgehead atoms. The number of aromatic nitrogens is 2. The number of nitrogens with two attached hydrogens (primary N) is 1. The molecule has 0 aliphatic carbocycles. The smallest absolute Gasteiger partial charge is 0.269 e. The van der Waals surface area contributed by atoms with Crippen molar-refractivity contribution in [2.24, 2.45) is 0 Å². The molecule has 0 saturated heterocycles. The number of nitrogen functional groups attached to an aromatic ring is 1. The molecule has 2 aromatic rings. The topological polar surface area (TPSA) is 117 Å². The molecule has 0 fully saturated rings. The summed E-state index contributed by atoms with van der Waals surface area (Å²) in [5.41, 5.74) is 14.9. The van der Waals surface area contributed by atoms with Crippen LogP contribution < -0.4 is 26.7 Å². The van der Waals surface area contributed by atoms with E-state index in [1.54, 1.807) is 50.5 Å². The van der Waals surface area contributed by atoms with E-state index in [-0.39, 0.29) is 11.6 Å². The SMILES string of the molecule is COc1ccc(C(=O)NNc2ncnc(NN(C)C)c2N)cc1. The number of nitrogens with zero attached hydrogens (tertiary/aromatic N) is 3. The van der Waals surface area contributed by atoms with E-state index in [0.29, 0.717) is 22.9 Å². The predicted molar refractivity (Wildman–Crippen MR) is 87.8 cm³/mol. The van der Waals surface area contributed by atoms with Gasteiger partial charge in [0.2, 0.25) is 0 Å². The number of hydrogen-bond acceptors (Lipinski definition) is 8. The third kappa shape index (κ3) is 4.20. The van der Waals surface area contributed by atoms with Gasteiger partial charge in [0.05, 0.1) is 7.11 Å². The average molecular weight is 317 g/mol. The molecule has 0 aliphatic rings. The summed E-state index contributed by atoms with van der Waals surface area (Å²) >= 11 is 0. The normalized spacial score (nSPS) is 10.3. The van der Waals surface area contributed by atoms with Gasteiger partial charge >= 0.3 is 0 Å². The van der Waals surface area contributed by atoms with E-state index in [1.807, 2.05) is 0 Å². The largest absolute Gasteiger partial charge is 0.497 e. The van der Waals surface area contributed by atoms with Crippen LogP contribution in [0.5, 0.6) is 5.75 Å². The third-order valence-electron chi connectivity index (χ3n) is 2.86. The second-order valence-corrected chi connectivity index (χ2v) is 4.80. The highest BCUT2D eigenvalue weighted by Gasteiger charge is 2.10. The molecule has 1 amide bonds. The van der Waals surface area contributed by atoms with E-state index in [2.05, 4.69) is 26.2 Å². The first-order chi connectivity index (χ1) is 11.0. The van der Waals surface area contributed by atoms with E-state index in [4.69, 9.17) is 10.5 Å². The second kappa shape index (κ2) is 7.27. The fraction of sp³-hybridized carbons (Fsp3) is 0.214. The number of ether oxygens (including phenoxy) is 1. The van der Waals surface area contributed by atoms with Crippen molar-refractivity contribution < 1.29 is 9.53 Å². The Morgan fingerprint density at radius 3 is 2.43 bits per heavy atom. The molecule has 0 aliphatic heterocycles. The van der Waals surface area contributed by atoms with Gasteiger partial charge in [-0.2, -0.15) is 0 Å². The number of amides is 1. The molecule has 9 nitrogen and oxygen atoms in total. The van der Waals surface area contributed by atoms with Crippen LogP contribution in [0.15, 0.2) is 30.6 Å². The summed E-state index contributed by atoms with van der Waals surface area (Å²) < 4.78 is 5.05. The highest BCUT2D eigenvalue weighted by atomic mass is 16.5. The molecule has 0 saturated carbocycles. The lowest BCUT2D eigenvalue weighted by molar-refractivity contribution is 0.0962. The highest BCUT2D eigenvalue weighted by molar-refractivity contribution is 5.95. The van der Waals surface area contributed by atoms with Crippen molar-refractivity contribution in [2.75, 3.05) is 37.8 Å². The zero-order valence-electron chi connectivity index (χ0n) is 13.1. The van der Waals surface area contributed by atoms with Crippen LogP contribution in [0.2, 0.25) is 0 Å². The van der Waals surface area contributed by atoms with Gasteiger partial charge in [-0.15, -0.1) is 0 Å². The number of carbonyl (C=O) groups is 1. The van der Waals surface area contributed by atoms with Gasteiger partial charge in [-0.1, -0.05) is 0 Å². The van der Waals surface area contributed by atoms with Crippen LogP contribution in [0.1, 0.15) is 10.4 Å². The van der Waals surface area contributed by atoms with Crippen molar-refractivity contribution in [1.82, 2.24) is 20.4 Å². The lowest BCUT2D eigenvalue weighted by atomic mass is 10.2. The molecule has 1 aromatic carbocycles. The fourth-order valence-electron chi connectivity index (χ4n) is 1.73. The summed E-state index contributed by atoms with van der Waals surface area (Å²) in [4.78, 5) is 20.1. The maximum Gasteiger partial charge on any atom is 0.269 e. The first-order valence-electron chi connectivity index (χ1n) is 6.76. The number of benzene rings is 1. The quantitative estimate of drug-likeness (QED) is 0.576. The van der Waals surface area contributed by atoms with E-state index in [9.17, 15) is 4.79 Å². The summed E-state index contributed by atoms with van der Waals surface area (Å²) in [6, 6.07) is 6.70. The van der Waals surface area contributed by atoms with Crippen LogP contribution in [-0.2, 0) is 0 Å². The molecule has 9 heteroatoms. The molecule has 2 rings (SSSR count). The lowest BCUT2D eigenvalue weighted by Crippen LogP contribution is -2.30. The van der Waals surface area contributed by atoms with Crippen LogP contribution in [0.25, 0.3) is 0 Å². The Balaban J connectivity index is 2.03. The van der Waals surface area contributed by atoms with E-state index >= 15 is 0 Å². The summed E-state index contributed by atoms with van der Waals surface area (Å²) in [5.74, 6) is 1.08. The van der Waals surface area contributed by atoms with E-state index in [0.717, 1.165) is 0 Å². The summed E-state index contributed by atoms with van der Waals surface area (Å²) in [7, 11) is 5.17. The number of hydrogen-bond donors (Lipinski definition) is 4. The third-order valence-corrected chi connectivity index (χ3v) is 2.86. The number of methoxy groups -OCH3 is 1. The summed E-state index contributed by atoms with van der Waals surface area (Å²) in [5, 5.41) is 1.69. The van der Waals surface area contributed by atoms with Crippen molar-refractivity contribution in [3.05, 3.63) is 36.2 Å². The monoisotopic (exact) mass is 317 g/mol. The minimum atomic E-state index is -0.326. The van der Waals surface area contributed by atoms with Crippen LogP contribution in [0, 0.1) is 0 Å². The van der Waals surface area contributed by atoms with Gasteiger partial charge in [0.15, 0.2) is 11.6 Å². The Morgan fingerprint density at radius 1 is 1.17 bits per heavy atom. The molecule has 5 N–H and O–H groups in total. The minimum Gasteiger partial charge on any atom is -0.497 e. The van der Waals surface area contributed by atoms with Crippen LogP contribution in [-0.4, -0.2) is 42.1 Å². The number of nitrogens with one attached hydrogen (secondary N) is 3. The number of carbonyl (C=O) groups excluding carboxylic acids is 1. The molecule has 0 radical (unpaired) electrons. The number of hydrazine groups is 2. The Labute approximate surface area is 133 Å². The van der Waals surface area contributed by atoms with E-state index in [1.165, 1.54) is 6.33 Å². The molecule has 1 aromatic heterocycles. The van der Waals surface area contributed by atoms with Gasteiger partial charge in [-0.25, -0.2) is 15.0 Å². The summed E-state index contributed by atoms with van der Waals surface area (Å²) in [6.07, 6.45) is 1.34. The number of rotatable bonds is 6. The Morgan fingerprint density at radius 2 is 1.83 bits per heavy atom. The van der Waals surface area contributed by atoms with Crippen molar-refractivity contribution in [3.8, 4) is 5.75 Å². The van der Waals surface area contributed by atoms with Gasteiger partial charge in [0.1, 0.15) is 17.8 Å². The van der Waals surface area contributed by atoms with Gasteiger partial charge in [-0.05, 0) is 24.3 Å². The first-order valence-corrected chi connectivity index (χ1v) is 6.76. The molecular formula is C14H19N7O2. The lowest BCUT2D eigenvalue weighted by Gasteiger charge is -2.16. The van der Waals surface area contributed by atoms with Crippen LogP contribution >= 0.6 is 0 Å². The molecule has 0 unspecified atom stereocenters. The maximum atomic E-state index is 12.1. The van der Waals surface area contributed by atoms with Crippen LogP contribution in [0.3, 0.4) is 0 Å². The molecule has 23 heavy (non-hydrogen) atoms. The average Bonchev–Trinajstić information content (AvgIpc) is 2.55. The van der Waals surface area contributed by atoms with Gasteiger partial charge < -0.3 is 15.9 Å². The molecule has 1 heterocycles. The molecule has 0 atom stereocenters. The number of anilines is 3. The van der Waals surface area contributed by atoms with Crippen molar-refractivity contribution >= 4 is 23.2 Å². The zero-order chi connectivity index (χ0) is 16.8. The second-order valence-electron chi connectivity index (χ2n) is 4.80. The Hall–Kier alpha value is -3.07. The fourth-order valence-corrected chi connectivity index (χ4v) is 1.73. The van der Waals surface area contributed by atoms with Gasteiger partial charge in [0.25, 0.3) is 5.91 Å². The maximum absolute atomic E-state index is 12.1. The van der Waals surface area contributed by atoms with Gasteiger partial charge in [0, 0.05) is 19.7 Å². The molecular weight excluding hydrogens is 298 g/mol. The van der Waals surface area contributed by atoms with Crippen molar-refractivity contribution in [1.29, 1.82) is 0 Å². The highest BCUT2D eigenvalue weighted by Crippen LogP contribution is 2.21. The van der Waals surface area contributed by atoms with E-state index < -0.39 is 0 Å². The predicted octanol–water partition coefficient (Wildman–Crippen LogP) is 0.713. The molecule has 122 valence electrons. The summed E-state index contributed by atoms with van der Waals surface area (Å²) in [6.45, 7) is 0. The van der Waals surface area contributed by atoms with Crippen molar-refractivity contribution in [2.45, 2.75) is 0 Å². The zero-order valence-corrected chi connectivity index (χ0v) is 13.1. The van der Waals surface area contributed by atoms with Crippen molar-refractivity contribution in [3.63, 3.8) is 0 Å².